The molecule has 2 aliphatic rings. The SMILES string of the molecule is CN(C(N)=NCc1nnc2n1CCCCC2)C1CC1.I. The van der Waals surface area contributed by atoms with Crippen LogP contribution in [0.3, 0.4) is 0 Å². The number of guanidine groups is 1. The quantitative estimate of drug-likeness (QED) is 0.483. The highest BCUT2D eigenvalue weighted by Crippen LogP contribution is 2.25. The zero-order valence-electron chi connectivity index (χ0n) is 12.0. The molecule has 0 bridgehead atoms. The Bertz CT molecular complexity index is 479. The van der Waals surface area contributed by atoms with Crippen LogP contribution in [0, 0.1) is 0 Å². The van der Waals surface area contributed by atoms with Crippen molar-refractivity contribution < 1.29 is 0 Å². The maximum absolute atomic E-state index is 6.00. The van der Waals surface area contributed by atoms with E-state index in [-0.39, 0.29) is 24.0 Å². The number of aromatic nitrogens is 3. The first-order valence-corrected chi connectivity index (χ1v) is 7.19. The van der Waals surface area contributed by atoms with Gasteiger partial charge in [-0.1, -0.05) is 6.42 Å². The minimum Gasteiger partial charge on any atom is -0.370 e. The maximum atomic E-state index is 6.00. The molecule has 0 spiro atoms. The number of hydrogen-bond acceptors (Lipinski definition) is 3. The van der Waals surface area contributed by atoms with Crippen LogP contribution in [0.15, 0.2) is 4.99 Å². The number of aryl methyl sites for hydroxylation is 1. The number of rotatable bonds is 3. The van der Waals surface area contributed by atoms with Gasteiger partial charge < -0.3 is 15.2 Å². The van der Waals surface area contributed by atoms with E-state index < -0.39 is 0 Å². The van der Waals surface area contributed by atoms with Gasteiger partial charge in [-0.2, -0.15) is 0 Å². The molecule has 3 rings (SSSR count). The first kappa shape index (κ1) is 15.5. The van der Waals surface area contributed by atoms with E-state index in [9.17, 15) is 0 Å². The number of halogens is 1. The van der Waals surface area contributed by atoms with Gasteiger partial charge in [0.2, 0.25) is 0 Å². The lowest BCUT2D eigenvalue weighted by atomic mass is 10.2. The second-order valence-electron chi connectivity index (χ2n) is 5.51. The van der Waals surface area contributed by atoms with E-state index in [0.29, 0.717) is 18.5 Å². The number of nitrogens with two attached hydrogens (primary N) is 1. The van der Waals surface area contributed by atoms with Crippen LogP contribution in [0.1, 0.15) is 43.8 Å². The van der Waals surface area contributed by atoms with E-state index in [0.717, 1.165) is 24.6 Å². The molecule has 1 aliphatic carbocycles. The molecule has 0 aromatic carbocycles. The molecule has 20 heavy (non-hydrogen) atoms. The van der Waals surface area contributed by atoms with Gasteiger partial charge >= 0.3 is 0 Å². The van der Waals surface area contributed by atoms with E-state index in [1.807, 2.05) is 7.05 Å². The van der Waals surface area contributed by atoms with Crippen LogP contribution in [-0.4, -0.2) is 38.7 Å². The molecule has 2 heterocycles. The molecule has 0 saturated heterocycles. The highest BCUT2D eigenvalue weighted by Gasteiger charge is 2.27. The summed E-state index contributed by atoms with van der Waals surface area (Å²) in [7, 11) is 2.01. The molecule has 0 unspecified atom stereocenters. The van der Waals surface area contributed by atoms with Crippen molar-refractivity contribution in [1.29, 1.82) is 0 Å². The van der Waals surface area contributed by atoms with Crippen molar-refractivity contribution in [2.75, 3.05) is 7.05 Å². The highest BCUT2D eigenvalue weighted by atomic mass is 127. The van der Waals surface area contributed by atoms with Crippen LogP contribution in [-0.2, 0) is 19.5 Å². The standard InChI is InChI=1S/C13H22N6.HI/c1-18(10-6-7-10)13(14)15-9-12-17-16-11-5-3-2-4-8-19(11)12;/h10H,2-9H2,1H3,(H2,14,15);1H. The molecule has 6 nitrogen and oxygen atoms in total. The minimum atomic E-state index is 0. The Hall–Kier alpha value is -0.860. The van der Waals surface area contributed by atoms with Gasteiger partial charge in [0, 0.05) is 26.1 Å². The summed E-state index contributed by atoms with van der Waals surface area (Å²) in [5.41, 5.74) is 6.00. The number of fused-ring (bicyclic) bond motifs is 1. The average molecular weight is 390 g/mol. The van der Waals surface area contributed by atoms with Crippen molar-refractivity contribution in [3.63, 3.8) is 0 Å². The highest BCUT2D eigenvalue weighted by molar-refractivity contribution is 14.0. The van der Waals surface area contributed by atoms with Crippen molar-refractivity contribution in [3.05, 3.63) is 11.6 Å². The van der Waals surface area contributed by atoms with Gasteiger partial charge in [0.15, 0.2) is 11.8 Å². The molecule has 1 aromatic heterocycles. The summed E-state index contributed by atoms with van der Waals surface area (Å²) in [5, 5.41) is 8.54. The van der Waals surface area contributed by atoms with Gasteiger partial charge in [0.05, 0.1) is 0 Å². The largest absolute Gasteiger partial charge is 0.370 e. The summed E-state index contributed by atoms with van der Waals surface area (Å²) in [6.45, 7) is 1.56. The summed E-state index contributed by atoms with van der Waals surface area (Å²) < 4.78 is 2.22. The average Bonchev–Trinajstić information content (AvgIpc) is 3.22. The molecule has 0 atom stereocenters. The Morgan fingerprint density at radius 2 is 2.15 bits per heavy atom. The molecule has 7 heteroatoms. The lowest BCUT2D eigenvalue weighted by molar-refractivity contribution is 0.486. The van der Waals surface area contributed by atoms with Gasteiger partial charge in [0.25, 0.3) is 0 Å². The molecular weight excluding hydrogens is 367 g/mol. The third-order valence-corrected chi connectivity index (χ3v) is 4.02. The molecule has 1 fully saturated rings. The molecule has 0 amide bonds. The monoisotopic (exact) mass is 390 g/mol. The van der Waals surface area contributed by atoms with Crippen molar-refractivity contribution >= 4 is 29.9 Å². The maximum Gasteiger partial charge on any atom is 0.191 e. The van der Waals surface area contributed by atoms with Crippen LogP contribution in [0.2, 0.25) is 0 Å². The zero-order valence-corrected chi connectivity index (χ0v) is 14.3. The Morgan fingerprint density at radius 3 is 2.90 bits per heavy atom. The third kappa shape index (κ3) is 3.42. The number of nitrogens with zero attached hydrogens (tertiary/aromatic N) is 5. The van der Waals surface area contributed by atoms with Crippen molar-refractivity contribution in [2.24, 2.45) is 10.7 Å². The second kappa shape index (κ2) is 6.73. The molecule has 2 N–H and O–H groups in total. The summed E-state index contributed by atoms with van der Waals surface area (Å²) in [4.78, 5) is 6.53. The van der Waals surface area contributed by atoms with Gasteiger partial charge in [-0.25, -0.2) is 4.99 Å². The first-order chi connectivity index (χ1) is 9.25. The van der Waals surface area contributed by atoms with Gasteiger partial charge in [-0.15, -0.1) is 34.2 Å². The predicted molar refractivity (Wildman–Crippen MR) is 89.1 cm³/mol. The van der Waals surface area contributed by atoms with Crippen LogP contribution < -0.4 is 5.73 Å². The van der Waals surface area contributed by atoms with Crippen LogP contribution in [0.5, 0.6) is 0 Å². The van der Waals surface area contributed by atoms with Crippen molar-refractivity contribution in [1.82, 2.24) is 19.7 Å². The normalized spacial score (nSPS) is 18.9. The summed E-state index contributed by atoms with van der Waals surface area (Å²) >= 11 is 0. The molecular formula is C13H23IN6. The minimum absolute atomic E-state index is 0. The number of hydrogen-bond donors (Lipinski definition) is 1. The van der Waals surface area contributed by atoms with Crippen molar-refractivity contribution in [2.45, 2.75) is 57.7 Å². The van der Waals surface area contributed by atoms with Crippen LogP contribution in [0.25, 0.3) is 0 Å². The van der Waals surface area contributed by atoms with E-state index in [1.54, 1.807) is 0 Å². The van der Waals surface area contributed by atoms with Crippen molar-refractivity contribution in [3.8, 4) is 0 Å². The Morgan fingerprint density at radius 1 is 1.35 bits per heavy atom. The number of aliphatic imine (C=N–C) groups is 1. The van der Waals surface area contributed by atoms with E-state index in [2.05, 4.69) is 24.7 Å². The first-order valence-electron chi connectivity index (χ1n) is 7.19. The third-order valence-electron chi connectivity index (χ3n) is 4.02. The molecule has 1 aliphatic heterocycles. The van der Waals surface area contributed by atoms with Crippen LogP contribution in [0.4, 0.5) is 0 Å². The van der Waals surface area contributed by atoms with E-state index >= 15 is 0 Å². The molecule has 1 aromatic rings. The predicted octanol–water partition coefficient (Wildman–Crippen LogP) is 1.53. The topological polar surface area (TPSA) is 72.3 Å². The van der Waals surface area contributed by atoms with E-state index in [4.69, 9.17) is 5.73 Å². The summed E-state index contributed by atoms with van der Waals surface area (Å²) in [6, 6.07) is 0.597. The van der Waals surface area contributed by atoms with E-state index in [1.165, 1.54) is 32.1 Å². The smallest absolute Gasteiger partial charge is 0.191 e. The van der Waals surface area contributed by atoms with Crippen LogP contribution >= 0.6 is 24.0 Å². The Kier molecular flexibility index (Phi) is 5.22. The van der Waals surface area contributed by atoms with Gasteiger partial charge in [-0.3, -0.25) is 0 Å². The lowest BCUT2D eigenvalue weighted by Crippen LogP contribution is -2.35. The fourth-order valence-electron chi connectivity index (χ4n) is 2.57. The van der Waals surface area contributed by atoms with Gasteiger partial charge in [-0.05, 0) is 25.7 Å². The summed E-state index contributed by atoms with van der Waals surface area (Å²) in [6.07, 6.45) is 7.19. The fourth-order valence-corrected chi connectivity index (χ4v) is 2.57. The molecule has 112 valence electrons. The zero-order chi connectivity index (χ0) is 13.2. The fraction of sp³-hybridized carbons (Fsp3) is 0.769. The lowest BCUT2D eigenvalue weighted by Gasteiger charge is -2.16. The Balaban J connectivity index is 0.00000147. The second-order valence-corrected chi connectivity index (χ2v) is 5.51. The summed E-state index contributed by atoms with van der Waals surface area (Å²) in [5.74, 6) is 2.68. The molecule has 0 radical (unpaired) electrons. The molecule has 1 saturated carbocycles. The Labute approximate surface area is 136 Å². The van der Waals surface area contributed by atoms with Gasteiger partial charge in [0.1, 0.15) is 12.4 Å².